The maximum Gasteiger partial charge on any atom is 0.239 e. The van der Waals surface area contributed by atoms with Crippen LogP contribution in [0.5, 0.6) is 0 Å². The smallest absolute Gasteiger partial charge is 0.239 e. The van der Waals surface area contributed by atoms with E-state index in [9.17, 15) is 4.79 Å². The van der Waals surface area contributed by atoms with Crippen molar-refractivity contribution in [3.8, 4) is 0 Å². The number of nitrogens with one attached hydrogen (secondary N) is 2. The Morgan fingerprint density at radius 1 is 1.29 bits per heavy atom. The van der Waals surface area contributed by atoms with E-state index < -0.39 is 0 Å². The fourth-order valence-corrected chi connectivity index (χ4v) is 1.65. The Kier molecular flexibility index (Phi) is 5.49. The predicted octanol–water partition coefficient (Wildman–Crippen LogP) is 1.18. The van der Waals surface area contributed by atoms with E-state index in [4.69, 9.17) is 5.73 Å². The van der Waals surface area contributed by atoms with Crippen molar-refractivity contribution in [1.82, 2.24) is 5.32 Å². The van der Waals surface area contributed by atoms with Crippen LogP contribution in [0.1, 0.15) is 17.5 Å². The molecule has 4 N–H and O–H groups in total. The molecule has 1 aromatic rings. The van der Waals surface area contributed by atoms with Crippen LogP contribution in [0.15, 0.2) is 18.2 Å². The average Bonchev–Trinajstić information content (AvgIpc) is 2.29. The number of aryl methyl sites for hydroxylation is 2. The third-order valence-electron chi connectivity index (χ3n) is 2.61. The highest BCUT2D eigenvalue weighted by Gasteiger charge is 2.04. The van der Waals surface area contributed by atoms with Crippen molar-refractivity contribution < 1.29 is 4.79 Å². The third-order valence-corrected chi connectivity index (χ3v) is 2.61. The van der Waals surface area contributed by atoms with Crippen LogP contribution in [0.4, 0.5) is 5.69 Å². The molecule has 0 heterocycles. The minimum Gasteiger partial charge on any atom is -0.376 e. The summed E-state index contributed by atoms with van der Waals surface area (Å²) in [7, 11) is 0. The highest BCUT2D eigenvalue weighted by atomic mass is 16.1. The number of carbonyl (C=O) groups is 1. The zero-order valence-corrected chi connectivity index (χ0v) is 10.5. The van der Waals surface area contributed by atoms with Gasteiger partial charge in [0.05, 0.1) is 6.54 Å². The Balaban J connectivity index is 2.42. The fraction of sp³-hybridized carbons (Fsp3) is 0.462. The molecule has 0 unspecified atom stereocenters. The molecule has 0 aliphatic heterocycles. The minimum atomic E-state index is 0.00102. The van der Waals surface area contributed by atoms with Crippen molar-refractivity contribution in [1.29, 1.82) is 0 Å². The summed E-state index contributed by atoms with van der Waals surface area (Å²) < 4.78 is 0. The van der Waals surface area contributed by atoms with Gasteiger partial charge in [0.15, 0.2) is 0 Å². The van der Waals surface area contributed by atoms with Gasteiger partial charge in [0, 0.05) is 12.2 Å². The van der Waals surface area contributed by atoms with Crippen LogP contribution in [0, 0.1) is 13.8 Å². The molecular formula is C13H21N3O. The van der Waals surface area contributed by atoms with Crippen LogP contribution in [0.3, 0.4) is 0 Å². The van der Waals surface area contributed by atoms with Gasteiger partial charge >= 0.3 is 0 Å². The summed E-state index contributed by atoms with van der Waals surface area (Å²) in [6.07, 6.45) is 0.815. The highest BCUT2D eigenvalue weighted by Crippen LogP contribution is 2.18. The van der Waals surface area contributed by atoms with Gasteiger partial charge in [0.1, 0.15) is 0 Å². The number of amides is 1. The summed E-state index contributed by atoms with van der Waals surface area (Å²) in [6, 6.07) is 6.07. The fourth-order valence-electron chi connectivity index (χ4n) is 1.65. The Hall–Kier alpha value is -1.55. The van der Waals surface area contributed by atoms with Crippen LogP contribution in [-0.2, 0) is 4.79 Å². The number of benzene rings is 1. The Labute approximate surface area is 103 Å². The molecule has 4 nitrogen and oxygen atoms in total. The number of nitrogens with two attached hydrogens (primary N) is 1. The van der Waals surface area contributed by atoms with E-state index in [-0.39, 0.29) is 5.91 Å². The number of hydrogen-bond acceptors (Lipinski definition) is 3. The first-order chi connectivity index (χ1) is 8.15. The number of para-hydroxylation sites is 1. The van der Waals surface area contributed by atoms with Gasteiger partial charge in [0.2, 0.25) is 5.91 Å². The SMILES string of the molecule is Cc1cccc(C)c1NCC(=O)NCCCN. The zero-order valence-electron chi connectivity index (χ0n) is 10.5. The molecule has 0 spiro atoms. The number of carbonyl (C=O) groups excluding carboxylic acids is 1. The maximum atomic E-state index is 11.5. The van der Waals surface area contributed by atoms with Gasteiger partial charge in [0.25, 0.3) is 0 Å². The molecule has 1 amide bonds. The monoisotopic (exact) mass is 235 g/mol. The first-order valence-electron chi connectivity index (χ1n) is 5.92. The van der Waals surface area contributed by atoms with Crippen molar-refractivity contribution in [2.45, 2.75) is 20.3 Å². The minimum absolute atomic E-state index is 0.00102. The van der Waals surface area contributed by atoms with Crippen molar-refractivity contribution in [3.63, 3.8) is 0 Å². The van der Waals surface area contributed by atoms with E-state index in [0.29, 0.717) is 19.6 Å². The number of hydrogen-bond donors (Lipinski definition) is 3. The second-order valence-electron chi connectivity index (χ2n) is 4.11. The normalized spacial score (nSPS) is 10.1. The summed E-state index contributed by atoms with van der Waals surface area (Å²) in [5, 5.41) is 5.98. The number of anilines is 1. The molecule has 0 bridgehead atoms. The molecule has 4 heteroatoms. The molecule has 0 aromatic heterocycles. The molecule has 1 aromatic carbocycles. The molecule has 0 saturated heterocycles. The summed E-state index contributed by atoms with van der Waals surface area (Å²) >= 11 is 0. The summed E-state index contributed by atoms with van der Waals surface area (Å²) in [5.41, 5.74) is 8.70. The lowest BCUT2D eigenvalue weighted by atomic mass is 10.1. The van der Waals surface area contributed by atoms with Gasteiger partial charge in [-0.1, -0.05) is 18.2 Å². The standard InChI is InChI=1S/C13H21N3O/c1-10-5-3-6-11(2)13(10)16-9-12(17)15-8-4-7-14/h3,5-6,16H,4,7-9,14H2,1-2H3,(H,15,17). The molecule has 0 aliphatic rings. The van der Waals surface area contributed by atoms with Gasteiger partial charge in [-0.2, -0.15) is 0 Å². The van der Waals surface area contributed by atoms with Crippen molar-refractivity contribution in [3.05, 3.63) is 29.3 Å². The second-order valence-corrected chi connectivity index (χ2v) is 4.11. The van der Waals surface area contributed by atoms with Crippen LogP contribution in [0.25, 0.3) is 0 Å². The maximum absolute atomic E-state index is 11.5. The van der Waals surface area contributed by atoms with Gasteiger partial charge in [-0.15, -0.1) is 0 Å². The Morgan fingerprint density at radius 3 is 2.53 bits per heavy atom. The molecule has 0 atom stereocenters. The van der Waals surface area contributed by atoms with Gasteiger partial charge in [-0.3, -0.25) is 4.79 Å². The molecule has 0 aliphatic carbocycles. The third kappa shape index (κ3) is 4.44. The number of rotatable bonds is 6. The first-order valence-corrected chi connectivity index (χ1v) is 5.92. The first kappa shape index (κ1) is 13.5. The van der Waals surface area contributed by atoms with Gasteiger partial charge in [-0.05, 0) is 37.9 Å². The lowest BCUT2D eigenvalue weighted by Gasteiger charge is -2.12. The van der Waals surface area contributed by atoms with Crippen LogP contribution >= 0.6 is 0 Å². The van der Waals surface area contributed by atoms with Crippen LogP contribution < -0.4 is 16.4 Å². The van der Waals surface area contributed by atoms with E-state index in [1.165, 1.54) is 0 Å². The molecule has 1 rings (SSSR count). The topological polar surface area (TPSA) is 67.2 Å². The molecule has 0 saturated carbocycles. The molecule has 0 fully saturated rings. The van der Waals surface area contributed by atoms with E-state index in [1.807, 2.05) is 32.0 Å². The van der Waals surface area contributed by atoms with Crippen molar-refractivity contribution >= 4 is 11.6 Å². The molecular weight excluding hydrogens is 214 g/mol. The summed E-state index contributed by atoms with van der Waals surface area (Å²) in [5.74, 6) is 0.00102. The quantitative estimate of drug-likeness (QED) is 0.649. The van der Waals surface area contributed by atoms with Crippen LogP contribution in [-0.4, -0.2) is 25.5 Å². The van der Waals surface area contributed by atoms with Crippen molar-refractivity contribution in [2.75, 3.05) is 25.0 Å². The van der Waals surface area contributed by atoms with E-state index in [1.54, 1.807) is 0 Å². The summed E-state index contributed by atoms with van der Waals surface area (Å²) in [6.45, 7) is 5.61. The van der Waals surface area contributed by atoms with Gasteiger partial charge < -0.3 is 16.4 Å². The zero-order chi connectivity index (χ0) is 12.7. The van der Waals surface area contributed by atoms with E-state index in [2.05, 4.69) is 10.6 Å². The highest BCUT2D eigenvalue weighted by molar-refractivity contribution is 5.81. The largest absolute Gasteiger partial charge is 0.376 e. The molecule has 0 radical (unpaired) electrons. The Morgan fingerprint density at radius 2 is 1.94 bits per heavy atom. The van der Waals surface area contributed by atoms with Crippen LogP contribution in [0.2, 0.25) is 0 Å². The lowest BCUT2D eigenvalue weighted by Crippen LogP contribution is -2.31. The lowest BCUT2D eigenvalue weighted by molar-refractivity contribution is -0.119. The average molecular weight is 235 g/mol. The van der Waals surface area contributed by atoms with Gasteiger partial charge in [-0.25, -0.2) is 0 Å². The summed E-state index contributed by atoms with van der Waals surface area (Å²) in [4.78, 5) is 11.5. The predicted molar refractivity (Wildman–Crippen MR) is 71.1 cm³/mol. The van der Waals surface area contributed by atoms with E-state index in [0.717, 1.165) is 23.2 Å². The van der Waals surface area contributed by atoms with E-state index >= 15 is 0 Å². The Bertz CT molecular complexity index is 357. The molecule has 94 valence electrons. The molecule has 17 heavy (non-hydrogen) atoms. The second kappa shape index (κ2) is 6.91. The van der Waals surface area contributed by atoms with Crippen molar-refractivity contribution in [2.24, 2.45) is 5.73 Å².